The first-order valence-electron chi connectivity index (χ1n) is 6.03. The van der Waals surface area contributed by atoms with Crippen molar-refractivity contribution in [2.24, 2.45) is 0 Å². The minimum absolute atomic E-state index is 0.0484. The van der Waals surface area contributed by atoms with E-state index in [1.165, 1.54) is 0 Å². The van der Waals surface area contributed by atoms with Crippen LogP contribution in [0.25, 0.3) is 0 Å². The molecule has 0 aromatic heterocycles. The molecule has 1 aromatic rings. The van der Waals surface area contributed by atoms with Crippen molar-refractivity contribution in [3.63, 3.8) is 0 Å². The van der Waals surface area contributed by atoms with Gasteiger partial charge in [0.25, 0.3) is 0 Å². The molecular weight excluding hydrogens is 214 g/mol. The van der Waals surface area contributed by atoms with Crippen LogP contribution in [0, 0.1) is 0 Å². The monoisotopic (exact) mass is 235 g/mol. The molecule has 3 heteroatoms. The highest BCUT2D eigenvalue weighted by Gasteiger charge is 2.46. The maximum Gasteiger partial charge on any atom is 0.115 e. The molecule has 0 aliphatic carbocycles. The van der Waals surface area contributed by atoms with Crippen LogP contribution >= 0.6 is 0 Å². The number of aliphatic hydroxyl groups excluding tert-OH is 1. The molecule has 0 spiro atoms. The van der Waals surface area contributed by atoms with Gasteiger partial charge < -0.3 is 10.2 Å². The van der Waals surface area contributed by atoms with Gasteiger partial charge in [-0.05, 0) is 31.9 Å². The molecule has 94 valence electrons. The van der Waals surface area contributed by atoms with Crippen molar-refractivity contribution >= 4 is 0 Å². The normalized spacial score (nSPS) is 20.1. The maximum absolute atomic E-state index is 10.5. The maximum atomic E-state index is 10.5. The van der Waals surface area contributed by atoms with Crippen LogP contribution in [0.4, 0.5) is 0 Å². The first kappa shape index (κ1) is 12.6. The zero-order valence-electron chi connectivity index (χ0n) is 10.8. The second kappa shape index (κ2) is 4.09. The number of benzene rings is 1. The van der Waals surface area contributed by atoms with Gasteiger partial charge in [0.2, 0.25) is 0 Å². The first-order valence-corrected chi connectivity index (χ1v) is 6.03. The predicted molar refractivity (Wildman–Crippen MR) is 67.6 cm³/mol. The lowest BCUT2D eigenvalue weighted by atomic mass is 9.82. The van der Waals surface area contributed by atoms with Gasteiger partial charge in [0.15, 0.2) is 0 Å². The van der Waals surface area contributed by atoms with Gasteiger partial charge in [-0.25, -0.2) is 0 Å². The molecule has 0 amide bonds. The fourth-order valence-electron chi connectivity index (χ4n) is 2.16. The van der Waals surface area contributed by atoms with Crippen LogP contribution in [0.15, 0.2) is 24.3 Å². The van der Waals surface area contributed by atoms with Crippen LogP contribution in [0.3, 0.4) is 0 Å². The van der Waals surface area contributed by atoms with Crippen LogP contribution in [-0.2, 0) is 12.2 Å². The predicted octanol–water partition coefficient (Wildman–Crippen LogP) is 1.48. The zero-order chi connectivity index (χ0) is 12.7. The summed E-state index contributed by atoms with van der Waals surface area (Å²) >= 11 is 0. The van der Waals surface area contributed by atoms with Gasteiger partial charge in [-0.2, -0.15) is 0 Å². The average Bonchev–Trinajstić information content (AvgIpc) is 2.23. The Morgan fingerprint density at radius 2 is 1.71 bits per heavy atom. The second-order valence-corrected chi connectivity index (χ2v) is 5.91. The van der Waals surface area contributed by atoms with Crippen molar-refractivity contribution in [2.75, 3.05) is 13.1 Å². The standard InChI is InChI=1S/C14H21NO2/c1-13(2,3)15-9-14(17,10-15)12-6-4-11(8-16)5-7-12/h4-7,16-17H,8-10H2,1-3H3. The Kier molecular flexibility index (Phi) is 3.02. The van der Waals surface area contributed by atoms with Gasteiger partial charge in [0.1, 0.15) is 5.60 Å². The van der Waals surface area contributed by atoms with Gasteiger partial charge in [0.05, 0.1) is 6.61 Å². The van der Waals surface area contributed by atoms with Crippen LogP contribution in [0.1, 0.15) is 31.9 Å². The van der Waals surface area contributed by atoms with E-state index in [-0.39, 0.29) is 12.1 Å². The number of hydrogen-bond acceptors (Lipinski definition) is 3. The molecule has 1 heterocycles. The fraction of sp³-hybridized carbons (Fsp3) is 0.571. The second-order valence-electron chi connectivity index (χ2n) is 5.91. The third-order valence-electron chi connectivity index (χ3n) is 3.53. The molecule has 3 nitrogen and oxygen atoms in total. The number of nitrogens with zero attached hydrogens (tertiary/aromatic N) is 1. The Balaban J connectivity index is 2.09. The minimum Gasteiger partial charge on any atom is -0.392 e. The summed E-state index contributed by atoms with van der Waals surface area (Å²) in [5, 5.41) is 19.5. The summed E-state index contributed by atoms with van der Waals surface area (Å²) in [6.07, 6.45) is 0. The molecule has 1 aliphatic rings. The molecule has 0 saturated carbocycles. The highest BCUT2D eigenvalue weighted by molar-refractivity contribution is 5.30. The van der Waals surface area contributed by atoms with Crippen LogP contribution < -0.4 is 0 Å². The minimum atomic E-state index is -0.721. The van der Waals surface area contributed by atoms with E-state index in [9.17, 15) is 5.11 Å². The van der Waals surface area contributed by atoms with E-state index < -0.39 is 5.60 Å². The lowest BCUT2D eigenvalue weighted by molar-refractivity contribution is -0.137. The van der Waals surface area contributed by atoms with Crippen molar-refractivity contribution in [3.8, 4) is 0 Å². The molecule has 0 radical (unpaired) electrons. The Labute approximate surface area is 103 Å². The van der Waals surface area contributed by atoms with Crippen molar-refractivity contribution in [1.29, 1.82) is 0 Å². The summed E-state index contributed by atoms with van der Waals surface area (Å²) < 4.78 is 0. The molecule has 0 unspecified atom stereocenters. The number of rotatable bonds is 2. The van der Waals surface area contributed by atoms with Gasteiger partial charge in [0, 0.05) is 18.6 Å². The zero-order valence-corrected chi connectivity index (χ0v) is 10.8. The van der Waals surface area contributed by atoms with Crippen LogP contribution in [0.2, 0.25) is 0 Å². The Morgan fingerprint density at radius 1 is 1.18 bits per heavy atom. The molecule has 2 N–H and O–H groups in total. The highest BCUT2D eigenvalue weighted by atomic mass is 16.3. The molecule has 1 aliphatic heterocycles. The van der Waals surface area contributed by atoms with Crippen molar-refractivity contribution < 1.29 is 10.2 Å². The van der Waals surface area contributed by atoms with Gasteiger partial charge in [-0.1, -0.05) is 24.3 Å². The van der Waals surface area contributed by atoms with Crippen molar-refractivity contribution in [2.45, 2.75) is 38.5 Å². The van der Waals surface area contributed by atoms with E-state index in [4.69, 9.17) is 5.11 Å². The summed E-state index contributed by atoms with van der Waals surface area (Å²) in [6.45, 7) is 7.86. The number of hydrogen-bond donors (Lipinski definition) is 2. The third kappa shape index (κ3) is 2.37. The van der Waals surface area contributed by atoms with Crippen LogP contribution in [-0.4, -0.2) is 33.7 Å². The van der Waals surface area contributed by atoms with Crippen molar-refractivity contribution in [1.82, 2.24) is 4.90 Å². The Hall–Kier alpha value is -0.900. The molecule has 2 rings (SSSR count). The van der Waals surface area contributed by atoms with E-state index in [1.807, 2.05) is 24.3 Å². The number of likely N-dealkylation sites (tertiary alicyclic amines) is 1. The lowest BCUT2D eigenvalue weighted by Gasteiger charge is -2.53. The first-order chi connectivity index (χ1) is 7.85. The van der Waals surface area contributed by atoms with Crippen molar-refractivity contribution in [3.05, 3.63) is 35.4 Å². The molecule has 0 atom stereocenters. The average molecular weight is 235 g/mol. The summed E-state index contributed by atoms with van der Waals surface area (Å²) in [5.41, 5.74) is 1.21. The Morgan fingerprint density at radius 3 is 2.12 bits per heavy atom. The number of aliphatic hydroxyl groups is 2. The molecular formula is C14H21NO2. The summed E-state index contributed by atoms with van der Waals surface area (Å²) in [5.74, 6) is 0. The summed E-state index contributed by atoms with van der Waals surface area (Å²) in [6, 6.07) is 7.55. The highest BCUT2D eigenvalue weighted by Crippen LogP contribution is 2.36. The lowest BCUT2D eigenvalue weighted by Crippen LogP contribution is -2.64. The van der Waals surface area contributed by atoms with Gasteiger partial charge in [-0.3, -0.25) is 4.90 Å². The quantitative estimate of drug-likeness (QED) is 0.816. The van der Waals surface area contributed by atoms with E-state index in [0.29, 0.717) is 13.1 Å². The van der Waals surface area contributed by atoms with E-state index in [2.05, 4.69) is 25.7 Å². The SMILES string of the molecule is CC(C)(C)N1CC(O)(c2ccc(CO)cc2)C1. The largest absolute Gasteiger partial charge is 0.392 e. The molecule has 0 bridgehead atoms. The summed E-state index contributed by atoms with van der Waals surface area (Å²) in [4.78, 5) is 2.26. The van der Waals surface area contributed by atoms with Gasteiger partial charge in [-0.15, -0.1) is 0 Å². The third-order valence-corrected chi connectivity index (χ3v) is 3.53. The van der Waals surface area contributed by atoms with E-state index >= 15 is 0 Å². The number of β-amino-alcohol motifs (C(OH)–C–C–N with tert-alkyl or cyclic N) is 1. The molecule has 17 heavy (non-hydrogen) atoms. The topological polar surface area (TPSA) is 43.7 Å². The van der Waals surface area contributed by atoms with Gasteiger partial charge >= 0.3 is 0 Å². The van der Waals surface area contributed by atoms with E-state index in [0.717, 1.165) is 11.1 Å². The molecule has 1 fully saturated rings. The molecule has 1 aromatic carbocycles. The summed E-state index contributed by atoms with van der Waals surface area (Å²) in [7, 11) is 0. The van der Waals surface area contributed by atoms with E-state index in [1.54, 1.807) is 0 Å². The molecule has 1 saturated heterocycles. The Bertz CT molecular complexity index is 386. The van der Waals surface area contributed by atoms with Crippen LogP contribution in [0.5, 0.6) is 0 Å². The smallest absolute Gasteiger partial charge is 0.115 e. The fourth-order valence-corrected chi connectivity index (χ4v) is 2.16.